The summed E-state index contributed by atoms with van der Waals surface area (Å²) < 4.78 is 4.55. The third kappa shape index (κ3) is 1.49. The fourth-order valence-corrected chi connectivity index (χ4v) is 4.55. The summed E-state index contributed by atoms with van der Waals surface area (Å²) in [7, 11) is 0. The molecule has 2 aliphatic rings. The molecule has 2 saturated heterocycles. The number of piperidine rings is 1. The van der Waals surface area contributed by atoms with Gasteiger partial charge in [-0.25, -0.2) is 0 Å². The lowest BCUT2D eigenvalue weighted by Gasteiger charge is -2.37. The Bertz CT molecular complexity index is 568. The van der Waals surface area contributed by atoms with Gasteiger partial charge in [-0.05, 0) is 49.3 Å². The lowest BCUT2D eigenvalue weighted by atomic mass is 10.00. The topological polar surface area (TPSA) is 36.4 Å². The molecule has 2 unspecified atom stereocenters. The Morgan fingerprint density at radius 1 is 1.17 bits per heavy atom. The molecule has 0 saturated carbocycles. The van der Waals surface area contributed by atoms with Crippen molar-refractivity contribution in [3.05, 3.63) is 24.3 Å². The molecule has 2 fully saturated rings. The van der Waals surface area contributed by atoms with Crippen molar-refractivity contribution >= 4 is 27.4 Å². The van der Waals surface area contributed by atoms with Crippen LogP contribution in [0, 0.1) is 0 Å². The minimum atomic E-state index is -0.0991. The summed E-state index contributed by atoms with van der Waals surface area (Å²) in [5.41, 5.74) is 1.10. The van der Waals surface area contributed by atoms with Crippen molar-refractivity contribution in [3.8, 4) is 0 Å². The van der Waals surface area contributed by atoms with Gasteiger partial charge >= 0.3 is 0 Å². The highest BCUT2D eigenvalue weighted by Gasteiger charge is 2.41. The zero-order valence-corrected chi connectivity index (χ0v) is 10.9. The van der Waals surface area contributed by atoms with Gasteiger partial charge in [-0.15, -0.1) is 0 Å². The van der Waals surface area contributed by atoms with Crippen LogP contribution in [-0.2, 0) is 0 Å². The Morgan fingerprint density at radius 3 is 2.67 bits per heavy atom. The van der Waals surface area contributed by atoms with E-state index in [1.54, 1.807) is 11.5 Å². The van der Waals surface area contributed by atoms with Gasteiger partial charge in [-0.3, -0.25) is 0 Å². The zero-order valence-electron chi connectivity index (χ0n) is 10.1. The minimum absolute atomic E-state index is 0.0991. The van der Waals surface area contributed by atoms with Crippen molar-refractivity contribution in [3.63, 3.8) is 0 Å². The van der Waals surface area contributed by atoms with Crippen molar-refractivity contribution in [2.45, 2.75) is 43.9 Å². The van der Waals surface area contributed by atoms with Crippen LogP contribution in [-0.4, -0.2) is 27.7 Å². The summed E-state index contributed by atoms with van der Waals surface area (Å²) in [4.78, 5) is 2.53. The van der Waals surface area contributed by atoms with Gasteiger partial charge < -0.3 is 10.0 Å². The molecule has 2 bridgehead atoms. The van der Waals surface area contributed by atoms with Crippen LogP contribution in [0.15, 0.2) is 24.3 Å². The minimum Gasteiger partial charge on any atom is -0.393 e. The Hall–Kier alpha value is -1.13. The summed E-state index contributed by atoms with van der Waals surface area (Å²) in [6.45, 7) is 0. The highest BCUT2D eigenvalue weighted by molar-refractivity contribution is 7.11. The maximum absolute atomic E-state index is 9.88. The van der Waals surface area contributed by atoms with Gasteiger partial charge in [0.15, 0.2) is 0 Å². The molecule has 94 valence electrons. The first-order valence-electron chi connectivity index (χ1n) is 6.64. The molecule has 1 aromatic carbocycles. The Kier molecular flexibility index (Phi) is 2.35. The van der Waals surface area contributed by atoms with E-state index in [9.17, 15) is 5.11 Å². The summed E-state index contributed by atoms with van der Waals surface area (Å²) in [5, 5.41) is 12.5. The Balaban J connectivity index is 1.79. The number of aliphatic hydroxyl groups excluding tert-OH is 1. The first kappa shape index (κ1) is 10.8. The van der Waals surface area contributed by atoms with Crippen molar-refractivity contribution in [2.75, 3.05) is 4.90 Å². The zero-order chi connectivity index (χ0) is 12.1. The van der Waals surface area contributed by atoms with Gasteiger partial charge in [0.1, 0.15) is 5.00 Å². The number of anilines is 1. The molecule has 4 heteroatoms. The number of rotatable bonds is 1. The van der Waals surface area contributed by atoms with Crippen LogP contribution in [0.1, 0.15) is 25.7 Å². The van der Waals surface area contributed by atoms with E-state index >= 15 is 0 Å². The highest BCUT2D eigenvalue weighted by Crippen LogP contribution is 2.43. The summed E-state index contributed by atoms with van der Waals surface area (Å²) >= 11 is 1.61. The molecule has 2 aliphatic heterocycles. The molecule has 1 N–H and O–H groups in total. The van der Waals surface area contributed by atoms with Crippen LogP contribution >= 0.6 is 11.5 Å². The molecular formula is C14H16N2OS. The molecule has 3 nitrogen and oxygen atoms in total. The number of aromatic nitrogens is 1. The second-order valence-electron chi connectivity index (χ2n) is 5.42. The van der Waals surface area contributed by atoms with Crippen LogP contribution in [0.3, 0.4) is 0 Å². The van der Waals surface area contributed by atoms with Crippen LogP contribution in [0.4, 0.5) is 5.00 Å². The van der Waals surface area contributed by atoms with E-state index in [0.29, 0.717) is 12.1 Å². The van der Waals surface area contributed by atoms with Gasteiger partial charge in [-0.2, -0.15) is 4.37 Å². The normalized spacial score (nSPS) is 31.2. The standard InChI is InChI=1S/C14H16N2OS/c17-11-7-9-5-6-10(8-11)16(9)14-12-3-1-2-4-13(12)15-18-14/h1-4,9-11,17H,5-8H2. The smallest absolute Gasteiger partial charge is 0.120 e. The lowest BCUT2D eigenvalue weighted by molar-refractivity contribution is 0.126. The number of aliphatic hydroxyl groups is 1. The third-order valence-electron chi connectivity index (χ3n) is 4.31. The third-order valence-corrected chi connectivity index (χ3v) is 5.20. The van der Waals surface area contributed by atoms with Gasteiger partial charge in [0.2, 0.25) is 0 Å². The molecule has 0 aliphatic carbocycles. The molecule has 2 aromatic rings. The SMILES string of the molecule is OC1CC2CCC(C1)N2c1snc2ccccc12. The average Bonchev–Trinajstić information content (AvgIpc) is 2.89. The van der Waals surface area contributed by atoms with Crippen LogP contribution in [0.25, 0.3) is 10.9 Å². The van der Waals surface area contributed by atoms with Gasteiger partial charge in [-0.1, -0.05) is 12.1 Å². The monoisotopic (exact) mass is 260 g/mol. The largest absolute Gasteiger partial charge is 0.393 e. The maximum Gasteiger partial charge on any atom is 0.120 e. The van der Waals surface area contributed by atoms with E-state index in [4.69, 9.17) is 0 Å². The molecule has 0 radical (unpaired) electrons. The number of hydrogen-bond acceptors (Lipinski definition) is 4. The number of fused-ring (bicyclic) bond motifs is 3. The summed E-state index contributed by atoms with van der Waals surface area (Å²) in [5.74, 6) is 0. The predicted octanol–water partition coefficient (Wildman–Crippen LogP) is 2.79. The quantitative estimate of drug-likeness (QED) is 0.856. The molecule has 3 heterocycles. The molecule has 1 aromatic heterocycles. The van der Waals surface area contributed by atoms with Gasteiger partial charge in [0.25, 0.3) is 0 Å². The van der Waals surface area contributed by atoms with Gasteiger partial charge in [0.05, 0.1) is 11.6 Å². The summed E-state index contributed by atoms with van der Waals surface area (Å²) in [6, 6.07) is 9.40. The average molecular weight is 260 g/mol. The summed E-state index contributed by atoms with van der Waals surface area (Å²) in [6.07, 6.45) is 4.17. The van der Waals surface area contributed by atoms with Crippen molar-refractivity contribution < 1.29 is 5.11 Å². The first-order chi connectivity index (χ1) is 8.83. The van der Waals surface area contributed by atoms with Gasteiger partial charge in [0, 0.05) is 17.5 Å². The first-order valence-corrected chi connectivity index (χ1v) is 7.41. The molecular weight excluding hydrogens is 244 g/mol. The van der Waals surface area contributed by atoms with E-state index in [1.165, 1.54) is 23.2 Å². The molecule has 0 amide bonds. The van der Waals surface area contributed by atoms with Crippen LogP contribution < -0.4 is 4.90 Å². The lowest BCUT2D eigenvalue weighted by Crippen LogP contribution is -2.44. The molecule has 4 rings (SSSR count). The predicted molar refractivity (Wildman–Crippen MR) is 74.1 cm³/mol. The van der Waals surface area contributed by atoms with E-state index < -0.39 is 0 Å². The Morgan fingerprint density at radius 2 is 1.89 bits per heavy atom. The molecule has 2 atom stereocenters. The number of hydrogen-bond donors (Lipinski definition) is 1. The van der Waals surface area contributed by atoms with E-state index in [0.717, 1.165) is 18.4 Å². The fraction of sp³-hybridized carbons (Fsp3) is 0.500. The number of nitrogens with zero attached hydrogens (tertiary/aromatic N) is 2. The van der Waals surface area contributed by atoms with E-state index in [1.807, 2.05) is 6.07 Å². The molecule has 0 spiro atoms. The number of benzene rings is 1. The molecule has 18 heavy (non-hydrogen) atoms. The van der Waals surface area contributed by atoms with Crippen molar-refractivity contribution in [1.29, 1.82) is 0 Å². The Labute approximate surface area is 110 Å². The maximum atomic E-state index is 9.88. The second kappa shape index (κ2) is 3.93. The fourth-order valence-electron chi connectivity index (χ4n) is 3.54. The van der Waals surface area contributed by atoms with Crippen molar-refractivity contribution in [2.24, 2.45) is 0 Å². The second-order valence-corrected chi connectivity index (χ2v) is 6.17. The van der Waals surface area contributed by atoms with E-state index in [-0.39, 0.29) is 6.10 Å². The van der Waals surface area contributed by atoms with Crippen LogP contribution in [0.5, 0.6) is 0 Å². The van der Waals surface area contributed by atoms with E-state index in [2.05, 4.69) is 27.5 Å². The van der Waals surface area contributed by atoms with Crippen molar-refractivity contribution in [1.82, 2.24) is 4.37 Å². The van der Waals surface area contributed by atoms with Crippen LogP contribution in [0.2, 0.25) is 0 Å². The highest BCUT2D eigenvalue weighted by atomic mass is 32.1.